The zero-order chi connectivity index (χ0) is 5.82. The molecule has 1 aromatic heterocycles. The summed E-state index contributed by atoms with van der Waals surface area (Å²) in [6, 6.07) is 3.66. The molecule has 0 aromatic carbocycles. The monoisotopic (exact) mass is 112 g/mol. The third kappa shape index (κ3) is 1.01. The highest BCUT2D eigenvalue weighted by molar-refractivity contribution is 5.09. The smallest absolute Gasteiger partial charge is 0.192 e. The van der Waals surface area contributed by atoms with E-state index in [9.17, 15) is 0 Å². The minimum atomic E-state index is 0.223. The number of ether oxygens (including phenoxy) is 1. The molecule has 0 bridgehead atoms. The molecule has 0 amide bonds. The van der Waals surface area contributed by atoms with Gasteiger partial charge in [0.05, 0.1) is 0 Å². The highest BCUT2D eigenvalue weighted by atomic mass is 16.5. The molecule has 8 heavy (non-hydrogen) atoms. The molecule has 0 radical (unpaired) electrons. The molecular formula is C5H8N2O. The number of nitrogens with two attached hydrogens (primary N) is 1. The quantitative estimate of drug-likeness (QED) is 0.541. The SMILES string of the molecule is NCOc1ccc[nH]1. The molecule has 0 unspecified atom stereocenters. The van der Waals surface area contributed by atoms with Gasteiger partial charge in [-0.05, 0) is 12.1 Å². The van der Waals surface area contributed by atoms with Crippen LogP contribution in [0.3, 0.4) is 0 Å². The van der Waals surface area contributed by atoms with Gasteiger partial charge in [0.25, 0.3) is 0 Å². The Bertz CT molecular complexity index is 136. The van der Waals surface area contributed by atoms with Crippen LogP contribution in [0, 0.1) is 0 Å². The van der Waals surface area contributed by atoms with Gasteiger partial charge in [0.15, 0.2) is 5.88 Å². The zero-order valence-electron chi connectivity index (χ0n) is 4.42. The number of aromatic nitrogens is 1. The lowest BCUT2D eigenvalue weighted by Gasteiger charge is -1.94. The second kappa shape index (κ2) is 2.37. The van der Waals surface area contributed by atoms with E-state index in [-0.39, 0.29) is 6.73 Å². The second-order valence-corrected chi connectivity index (χ2v) is 1.35. The van der Waals surface area contributed by atoms with Crippen LogP contribution in [-0.2, 0) is 0 Å². The first-order valence-electron chi connectivity index (χ1n) is 2.40. The first-order chi connectivity index (χ1) is 3.93. The van der Waals surface area contributed by atoms with Crippen molar-refractivity contribution in [2.75, 3.05) is 6.73 Å². The number of hydrogen-bond donors (Lipinski definition) is 2. The third-order valence-electron chi connectivity index (χ3n) is 0.808. The normalized spacial score (nSPS) is 9.12. The predicted molar refractivity (Wildman–Crippen MR) is 30.5 cm³/mol. The number of hydrogen-bond acceptors (Lipinski definition) is 2. The van der Waals surface area contributed by atoms with Crippen molar-refractivity contribution >= 4 is 0 Å². The number of nitrogens with one attached hydrogen (secondary N) is 1. The van der Waals surface area contributed by atoms with Gasteiger partial charge in [-0.3, -0.25) is 5.73 Å². The van der Waals surface area contributed by atoms with E-state index in [1.807, 2.05) is 12.1 Å². The maximum Gasteiger partial charge on any atom is 0.192 e. The summed E-state index contributed by atoms with van der Waals surface area (Å²) in [7, 11) is 0. The van der Waals surface area contributed by atoms with Gasteiger partial charge in [0.2, 0.25) is 0 Å². The average molecular weight is 112 g/mol. The lowest BCUT2D eigenvalue weighted by Crippen LogP contribution is -2.07. The molecule has 0 saturated heterocycles. The maximum atomic E-state index is 5.08. The largest absolute Gasteiger partial charge is 0.464 e. The fourth-order valence-electron chi connectivity index (χ4n) is 0.493. The Morgan fingerprint density at radius 2 is 2.62 bits per heavy atom. The van der Waals surface area contributed by atoms with E-state index in [0.717, 1.165) is 0 Å². The Morgan fingerprint density at radius 1 is 1.75 bits per heavy atom. The van der Waals surface area contributed by atoms with Crippen LogP contribution in [0.2, 0.25) is 0 Å². The molecule has 1 aromatic rings. The lowest BCUT2D eigenvalue weighted by molar-refractivity contribution is 0.318. The highest BCUT2D eigenvalue weighted by Crippen LogP contribution is 2.01. The summed E-state index contributed by atoms with van der Waals surface area (Å²) in [6.45, 7) is 0.223. The molecular weight excluding hydrogens is 104 g/mol. The van der Waals surface area contributed by atoms with Gasteiger partial charge in [-0.1, -0.05) is 0 Å². The summed E-state index contributed by atoms with van der Waals surface area (Å²) in [5.41, 5.74) is 5.08. The molecule has 3 nitrogen and oxygen atoms in total. The van der Waals surface area contributed by atoms with Crippen LogP contribution < -0.4 is 10.5 Å². The molecule has 1 rings (SSSR count). The number of aromatic amines is 1. The summed E-state index contributed by atoms with van der Waals surface area (Å²) in [6.07, 6.45) is 1.78. The number of rotatable bonds is 2. The van der Waals surface area contributed by atoms with Crippen molar-refractivity contribution in [2.24, 2.45) is 5.73 Å². The second-order valence-electron chi connectivity index (χ2n) is 1.35. The zero-order valence-corrected chi connectivity index (χ0v) is 4.42. The predicted octanol–water partition coefficient (Wildman–Crippen LogP) is 0.310. The van der Waals surface area contributed by atoms with Gasteiger partial charge in [-0.25, -0.2) is 0 Å². The lowest BCUT2D eigenvalue weighted by atomic mass is 10.7. The molecule has 3 heteroatoms. The van der Waals surface area contributed by atoms with E-state index < -0.39 is 0 Å². The third-order valence-corrected chi connectivity index (χ3v) is 0.808. The van der Waals surface area contributed by atoms with Crippen molar-refractivity contribution in [2.45, 2.75) is 0 Å². The van der Waals surface area contributed by atoms with Gasteiger partial charge in [0.1, 0.15) is 6.73 Å². The summed E-state index contributed by atoms with van der Waals surface area (Å²) >= 11 is 0. The molecule has 0 aliphatic heterocycles. The molecule has 44 valence electrons. The first-order valence-corrected chi connectivity index (χ1v) is 2.40. The maximum absolute atomic E-state index is 5.08. The van der Waals surface area contributed by atoms with Crippen molar-refractivity contribution in [3.8, 4) is 5.88 Å². The van der Waals surface area contributed by atoms with Gasteiger partial charge < -0.3 is 9.72 Å². The summed E-state index contributed by atoms with van der Waals surface area (Å²) in [5.74, 6) is 0.715. The van der Waals surface area contributed by atoms with Gasteiger partial charge in [0, 0.05) is 6.20 Å². The molecule has 0 saturated carbocycles. The van der Waals surface area contributed by atoms with Crippen LogP contribution in [0.15, 0.2) is 18.3 Å². The van der Waals surface area contributed by atoms with Gasteiger partial charge in [-0.2, -0.15) is 0 Å². The fraction of sp³-hybridized carbons (Fsp3) is 0.200. The minimum absolute atomic E-state index is 0.223. The van der Waals surface area contributed by atoms with E-state index in [1.54, 1.807) is 6.20 Å². The Hall–Kier alpha value is -0.960. The van der Waals surface area contributed by atoms with E-state index in [4.69, 9.17) is 10.5 Å². The Morgan fingerprint density at radius 3 is 3.12 bits per heavy atom. The molecule has 0 fully saturated rings. The van der Waals surface area contributed by atoms with Gasteiger partial charge >= 0.3 is 0 Å². The van der Waals surface area contributed by atoms with Crippen molar-refractivity contribution in [1.29, 1.82) is 0 Å². The molecule has 1 heterocycles. The van der Waals surface area contributed by atoms with Crippen LogP contribution in [-0.4, -0.2) is 11.7 Å². The molecule has 0 spiro atoms. The summed E-state index contributed by atoms with van der Waals surface area (Å²) in [4.78, 5) is 2.84. The van der Waals surface area contributed by atoms with E-state index >= 15 is 0 Å². The minimum Gasteiger partial charge on any atom is -0.464 e. The highest BCUT2D eigenvalue weighted by Gasteiger charge is 1.85. The van der Waals surface area contributed by atoms with Crippen LogP contribution in [0.1, 0.15) is 0 Å². The molecule has 0 atom stereocenters. The molecule has 0 aliphatic carbocycles. The summed E-state index contributed by atoms with van der Waals surface area (Å²) < 4.78 is 4.87. The van der Waals surface area contributed by atoms with Gasteiger partial charge in [-0.15, -0.1) is 0 Å². The average Bonchev–Trinajstić information content (AvgIpc) is 2.19. The molecule has 0 aliphatic rings. The van der Waals surface area contributed by atoms with Crippen molar-refractivity contribution in [1.82, 2.24) is 4.98 Å². The summed E-state index contributed by atoms with van der Waals surface area (Å²) in [5, 5.41) is 0. The Labute approximate surface area is 47.5 Å². The fourth-order valence-corrected chi connectivity index (χ4v) is 0.493. The Kier molecular flexibility index (Phi) is 1.54. The molecule has 3 N–H and O–H groups in total. The standard InChI is InChI=1S/C5H8N2O/c6-4-8-5-2-1-3-7-5/h1-3,7H,4,6H2. The van der Waals surface area contributed by atoms with Crippen molar-refractivity contribution < 1.29 is 4.74 Å². The first kappa shape index (κ1) is 5.18. The Balaban J connectivity index is 2.50. The van der Waals surface area contributed by atoms with E-state index in [1.165, 1.54) is 0 Å². The van der Waals surface area contributed by atoms with Crippen LogP contribution in [0.4, 0.5) is 0 Å². The van der Waals surface area contributed by atoms with E-state index in [2.05, 4.69) is 4.98 Å². The van der Waals surface area contributed by atoms with Crippen LogP contribution in [0.5, 0.6) is 5.88 Å². The van der Waals surface area contributed by atoms with Crippen molar-refractivity contribution in [3.05, 3.63) is 18.3 Å². The van der Waals surface area contributed by atoms with Crippen molar-refractivity contribution in [3.63, 3.8) is 0 Å². The number of H-pyrrole nitrogens is 1. The van der Waals surface area contributed by atoms with Crippen LogP contribution in [0.25, 0.3) is 0 Å². The topological polar surface area (TPSA) is 51.0 Å². The van der Waals surface area contributed by atoms with Crippen LogP contribution >= 0.6 is 0 Å². The van der Waals surface area contributed by atoms with E-state index in [0.29, 0.717) is 5.88 Å².